The van der Waals surface area contributed by atoms with Crippen LogP contribution in [0.25, 0.3) is 0 Å². The SMILES string of the molecule is CCCOCC.CCOCCOC(=O)CCC(C)=O.C[Si](C)(C)O[Si](C)(C)C. The molecule has 0 aromatic rings. The molecule has 6 nitrogen and oxygen atoms in total. The highest BCUT2D eigenvalue weighted by Gasteiger charge is 2.24. The van der Waals surface area contributed by atoms with Crippen LogP contribution >= 0.6 is 0 Å². The molecule has 0 aromatic heterocycles. The van der Waals surface area contributed by atoms with Crippen LogP contribution < -0.4 is 0 Å². The van der Waals surface area contributed by atoms with E-state index in [0.29, 0.717) is 13.2 Å². The molecule has 0 N–H and O–H groups in total. The molecule has 0 aliphatic carbocycles. The van der Waals surface area contributed by atoms with Gasteiger partial charge in [-0.15, -0.1) is 0 Å². The summed E-state index contributed by atoms with van der Waals surface area (Å²) in [5.41, 5.74) is 0. The number of carbonyl (C=O) groups excluding carboxylic acids is 2. The van der Waals surface area contributed by atoms with Crippen LogP contribution in [0, 0.1) is 0 Å². The summed E-state index contributed by atoms with van der Waals surface area (Å²) in [7, 11) is -2.46. The van der Waals surface area contributed by atoms with E-state index >= 15 is 0 Å². The summed E-state index contributed by atoms with van der Waals surface area (Å²) in [5, 5.41) is 0. The number of ether oxygens (including phenoxy) is 3. The first-order valence-electron chi connectivity index (χ1n) is 10.3. The minimum Gasteiger partial charge on any atom is -0.463 e. The molecular formula is C20H46O6Si2. The zero-order chi connectivity index (χ0) is 22.6. The highest BCUT2D eigenvalue weighted by Crippen LogP contribution is 2.12. The molecule has 0 aliphatic rings. The van der Waals surface area contributed by atoms with Crippen LogP contribution in [0.2, 0.25) is 39.3 Å². The van der Waals surface area contributed by atoms with E-state index in [1.807, 2.05) is 13.8 Å². The normalized spacial score (nSPS) is 10.9. The van der Waals surface area contributed by atoms with Gasteiger partial charge in [0.2, 0.25) is 0 Å². The van der Waals surface area contributed by atoms with Crippen molar-refractivity contribution in [3.05, 3.63) is 0 Å². The van der Waals surface area contributed by atoms with E-state index < -0.39 is 16.6 Å². The van der Waals surface area contributed by atoms with Gasteiger partial charge in [0.1, 0.15) is 12.4 Å². The molecule has 0 aliphatic heterocycles. The smallest absolute Gasteiger partial charge is 0.306 e. The lowest BCUT2D eigenvalue weighted by Gasteiger charge is -2.27. The van der Waals surface area contributed by atoms with Gasteiger partial charge in [0.25, 0.3) is 0 Å². The van der Waals surface area contributed by atoms with Crippen molar-refractivity contribution in [3.8, 4) is 0 Å². The van der Waals surface area contributed by atoms with Gasteiger partial charge in [-0.3, -0.25) is 4.79 Å². The average Bonchev–Trinajstić information content (AvgIpc) is 2.53. The van der Waals surface area contributed by atoms with Crippen LogP contribution in [0.1, 0.15) is 47.0 Å². The first-order chi connectivity index (χ1) is 12.8. The minimum atomic E-state index is -1.23. The Morgan fingerprint density at radius 1 is 0.714 bits per heavy atom. The summed E-state index contributed by atoms with van der Waals surface area (Å²) >= 11 is 0. The Morgan fingerprint density at radius 2 is 1.18 bits per heavy atom. The van der Waals surface area contributed by atoms with E-state index in [9.17, 15) is 9.59 Å². The molecule has 0 radical (unpaired) electrons. The van der Waals surface area contributed by atoms with Gasteiger partial charge < -0.3 is 23.1 Å². The molecular weight excluding hydrogens is 392 g/mol. The maximum absolute atomic E-state index is 10.9. The Morgan fingerprint density at radius 3 is 1.46 bits per heavy atom. The van der Waals surface area contributed by atoms with E-state index in [4.69, 9.17) is 18.3 Å². The zero-order valence-corrected chi connectivity index (χ0v) is 22.1. The van der Waals surface area contributed by atoms with E-state index in [-0.39, 0.29) is 31.2 Å². The third-order valence-electron chi connectivity index (χ3n) is 2.54. The summed E-state index contributed by atoms with van der Waals surface area (Å²) < 4.78 is 20.6. The predicted molar refractivity (Wildman–Crippen MR) is 122 cm³/mol. The first kappa shape index (κ1) is 32.1. The van der Waals surface area contributed by atoms with Gasteiger partial charge in [-0.2, -0.15) is 0 Å². The Labute approximate surface area is 175 Å². The van der Waals surface area contributed by atoms with E-state index in [2.05, 4.69) is 46.2 Å². The van der Waals surface area contributed by atoms with Crippen molar-refractivity contribution >= 4 is 28.4 Å². The molecule has 0 atom stereocenters. The van der Waals surface area contributed by atoms with Crippen LogP contribution in [-0.2, 0) is 27.9 Å². The van der Waals surface area contributed by atoms with Crippen molar-refractivity contribution in [2.45, 2.75) is 86.2 Å². The highest BCUT2D eigenvalue weighted by atomic mass is 28.4. The van der Waals surface area contributed by atoms with Gasteiger partial charge in [-0.25, -0.2) is 0 Å². The molecule has 0 fully saturated rings. The number of esters is 1. The lowest BCUT2D eigenvalue weighted by atomic mass is 10.2. The summed E-state index contributed by atoms with van der Waals surface area (Å²) in [4.78, 5) is 21.4. The molecule has 0 spiro atoms. The number of ketones is 1. The minimum absolute atomic E-state index is 0.00163. The van der Waals surface area contributed by atoms with Gasteiger partial charge in [0, 0.05) is 26.2 Å². The van der Waals surface area contributed by atoms with Gasteiger partial charge >= 0.3 is 5.97 Å². The second-order valence-corrected chi connectivity index (χ2v) is 17.4. The van der Waals surface area contributed by atoms with Crippen LogP contribution in [0.5, 0.6) is 0 Å². The maximum Gasteiger partial charge on any atom is 0.306 e. The lowest BCUT2D eigenvalue weighted by Crippen LogP contribution is -2.39. The molecule has 0 amide bonds. The molecule has 8 heteroatoms. The van der Waals surface area contributed by atoms with Gasteiger partial charge in [0.15, 0.2) is 16.6 Å². The fourth-order valence-electron chi connectivity index (χ4n) is 1.92. The third-order valence-corrected chi connectivity index (χ3v) is 7.44. The summed E-state index contributed by atoms with van der Waals surface area (Å²) in [6.45, 7) is 24.0. The highest BCUT2D eigenvalue weighted by molar-refractivity contribution is 6.83. The second kappa shape index (κ2) is 19.8. The largest absolute Gasteiger partial charge is 0.463 e. The van der Waals surface area contributed by atoms with E-state index in [1.165, 1.54) is 6.92 Å². The van der Waals surface area contributed by atoms with Crippen LogP contribution in [-0.4, -0.2) is 61.4 Å². The van der Waals surface area contributed by atoms with Crippen molar-refractivity contribution < 1.29 is 27.9 Å². The topological polar surface area (TPSA) is 71.1 Å². The fourth-order valence-corrected chi connectivity index (χ4v) is 9.26. The van der Waals surface area contributed by atoms with Crippen molar-refractivity contribution in [1.29, 1.82) is 0 Å². The fraction of sp³-hybridized carbons (Fsp3) is 0.900. The van der Waals surface area contributed by atoms with E-state index in [0.717, 1.165) is 19.6 Å². The number of rotatable bonds is 12. The quantitative estimate of drug-likeness (QED) is 0.241. The lowest BCUT2D eigenvalue weighted by molar-refractivity contribution is -0.146. The molecule has 0 bridgehead atoms. The Kier molecular flexibility index (Phi) is 22.7. The monoisotopic (exact) mass is 438 g/mol. The summed E-state index contributed by atoms with van der Waals surface area (Å²) in [6.07, 6.45) is 1.56. The van der Waals surface area contributed by atoms with Gasteiger partial charge in [-0.1, -0.05) is 6.92 Å². The third kappa shape index (κ3) is 40.2. The predicted octanol–water partition coefficient (Wildman–Crippen LogP) is 5.04. The van der Waals surface area contributed by atoms with Crippen molar-refractivity contribution in [1.82, 2.24) is 0 Å². The van der Waals surface area contributed by atoms with Crippen molar-refractivity contribution in [3.63, 3.8) is 0 Å². The average molecular weight is 439 g/mol. The summed E-state index contributed by atoms with van der Waals surface area (Å²) in [5.74, 6) is -0.336. The van der Waals surface area contributed by atoms with Gasteiger partial charge in [0.05, 0.1) is 13.0 Å². The second-order valence-electron chi connectivity index (χ2n) is 8.14. The van der Waals surface area contributed by atoms with Gasteiger partial charge in [-0.05, 0) is 66.5 Å². The molecule has 28 heavy (non-hydrogen) atoms. The number of hydrogen-bond acceptors (Lipinski definition) is 6. The van der Waals surface area contributed by atoms with Crippen LogP contribution in [0.3, 0.4) is 0 Å². The number of Topliss-reactive ketones (excluding diaryl/α,β-unsaturated/α-hetero) is 1. The molecule has 0 rings (SSSR count). The Hall–Kier alpha value is -0.546. The van der Waals surface area contributed by atoms with Crippen molar-refractivity contribution in [2.24, 2.45) is 0 Å². The van der Waals surface area contributed by atoms with Crippen LogP contribution in [0.15, 0.2) is 0 Å². The molecule has 0 heterocycles. The van der Waals surface area contributed by atoms with Crippen LogP contribution in [0.4, 0.5) is 0 Å². The van der Waals surface area contributed by atoms with E-state index in [1.54, 1.807) is 0 Å². The molecule has 0 aromatic carbocycles. The summed E-state index contributed by atoms with van der Waals surface area (Å²) in [6, 6.07) is 0. The molecule has 0 unspecified atom stereocenters. The zero-order valence-electron chi connectivity index (χ0n) is 20.1. The standard InChI is InChI=1S/C9H16O4.C6H18OSi2.C5H12O/c1-3-12-6-7-13-9(11)5-4-8(2)10;1-8(2,3)7-9(4,5)6;1-3-5-6-4-2/h3-7H2,1-2H3;1-6H3;3-5H2,1-2H3. The Bertz CT molecular complexity index is 360. The molecule has 0 saturated carbocycles. The van der Waals surface area contributed by atoms with Crippen molar-refractivity contribution in [2.75, 3.05) is 33.0 Å². The number of hydrogen-bond donors (Lipinski definition) is 0. The first-order valence-corrected chi connectivity index (χ1v) is 17.1. The number of carbonyl (C=O) groups is 2. The Balaban J connectivity index is -0.000000362. The molecule has 170 valence electrons. The molecule has 0 saturated heterocycles. The maximum atomic E-state index is 10.9.